The molecule has 2 aromatic carbocycles. The first-order valence-electron chi connectivity index (χ1n) is 11.4. The molecule has 1 heterocycles. The number of carbonyl (C=O) groups is 1. The Kier molecular flexibility index (Phi) is 6.95. The molecule has 0 aromatic heterocycles. The molecule has 2 unspecified atom stereocenters. The van der Waals surface area contributed by atoms with Crippen molar-refractivity contribution in [3.63, 3.8) is 0 Å². The quantitative estimate of drug-likeness (QED) is 0.531. The number of carbonyl (C=O) groups excluding carboxylic acids is 1. The zero-order chi connectivity index (χ0) is 24.5. The number of fused-ring (bicyclic) bond motifs is 3. The van der Waals surface area contributed by atoms with Crippen molar-refractivity contribution in [3.8, 4) is 5.75 Å². The molecule has 1 aliphatic carbocycles. The molecule has 9 heteroatoms. The van der Waals surface area contributed by atoms with E-state index in [4.69, 9.17) is 9.47 Å². The van der Waals surface area contributed by atoms with Gasteiger partial charge < -0.3 is 14.4 Å². The molecular formula is C25H29FN2O5S. The van der Waals surface area contributed by atoms with Gasteiger partial charge in [-0.3, -0.25) is 4.72 Å². The Balaban J connectivity index is 1.69. The Morgan fingerprint density at radius 3 is 2.74 bits per heavy atom. The van der Waals surface area contributed by atoms with Crippen molar-refractivity contribution < 1.29 is 27.1 Å². The van der Waals surface area contributed by atoms with Gasteiger partial charge in [-0.2, -0.15) is 0 Å². The lowest BCUT2D eigenvalue weighted by Crippen LogP contribution is -2.22. The number of anilines is 1. The molecule has 182 valence electrons. The lowest BCUT2D eigenvalue weighted by molar-refractivity contribution is 0.0596. The topological polar surface area (TPSA) is 84.9 Å². The van der Waals surface area contributed by atoms with Gasteiger partial charge in [0.1, 0.15) is 17.1 Å². The minimum Gasteiger partial charge on any atom is -0.492 e. The number of nitrogens with zero attached hydrogens (tertiary/aromatic N) is 1. The molecule has 1 saturated carbocycles. The molecule has 0 saturated heterocycles. The van der Waals surface area contributed by atoms with E-state index in [1.165, 1.54) is 19.2 Å². The lowest BCUT2D eigenvalue weighted by atomic mass is 10.0. The number of rotatable bonds is 9. The van der Waals surface area contributed by atoms with Crippen molar-refractivity contribution in [3.05, 3.63) is 58.9 Å². The smallest absolute Gasteiger partial charge is 0.343 e. The van der Waals surface area contributed by atoms with Gasteiger partial charge in [-0.1, -0.05) is 32.1 Å². The van der Waals surface area contributed by atoms with Gasteiger partial charge in [0.15, 0.2) is 0 Å². The number of methoxy groups -OCH3 is 1. The third kappa shape index (κ3) is 4.81. The summed E-state index contributed by atoms with van der Waals surface area (Å²) in [6, 6.07) is 6.85. The number of esters is 1. The minimum absolute atomic E-state index is 0.0506. The predicted octanol–water partition coefficient (Wildman–Crippen LogP) is 4.26. The van der Waals surface area contributed by atoms with Crippen LogP contribution in [-0.4, -0.2) is 52.6 Å². The normalized spacial score (nSPS) is 18.9. The average Bonchev–Trinajstić information content (AvgIpc) is 3.61. The van der Waals surface area contributed by atoms with Gasteiger partial charge >= 0.3 is 5.97 Å². The van der Waals surface area contributed by atoms with Gasteiger partial charge in [-0.25, -0.2) is 17.6 Å². The highest BCUT2D eigenvalue weighted by molar-refractivity contribution is 7.92. The Morgan fingerprint density at radius 1 is 1.26 bits per heavy atom. The third-order valence-electron chi connectivity index (χ3n) is 6.40. The molecule has 0 bridgehead atoms. The van der Waals surface area contributed by atoms with E-state index in [9.17, 15) is 17.6 Å². The van der Waals surface area contributed by atoms with Crippen molar-refractivity contribution in [1.82, 2.24) is 4.90 Å². The number of likely N-dealkylation sites (N-methyl/N-ethyl adjacent to an activating group) is 1. The van der Waals surface area contributed by atoms with Gasteiger partial charge in [0.25, 0.3) is 10.0 Å². The summed E-state index contributed by atoms with van der Waals surface area (Å²) in [4.78, 5) is 14.7. The molecule has 2 atom stereocenters. The summed E-state index contributed by atoms with van der Waals surface area (Å²) in [6.45, 7) is 6.84. The second-order valence-electron chi connectivity index (χ2n) is 8.49. The molecule has 1 fully saturated rings. The summed E-state index contributed by atoms with van der Waals surface area (Å²) in [5.74, 6) is -0.114. The number of benzene rings is 2. The second-order valence-corrected chi connectivity index (χ2v) is 10.1. The Bertz CT molecular complexity index is 1220. The highest BCUT2D eigenvalue weighted by Gasteiger charge is 2.45. The van der Waals surface area contributed by atoms with Crippen LogP contribution in [-0.2, 0) is 14.8 Å². The van der Waals surface area contributed by atoms with E-state index in [-0.39, 0.29) is 21.7 Å². The minimum atomic E-state index is -4.16. The fraction of sp³-hybridized carbons (Fsp3) is 0.400. The van der Waals surface area contributed by atoms with E-state index in [0.717, 1.165) is 31.1 Å². The van der Waals surface area contributed by atoms with Gasteiger partial charge in [0.2, 0.25) is 0 Å². The Labute approximate surface area is 199 Å². The highest BCUT2D eigenvalue weighted by atomic mass is 32.2. The summed E-state index contributed by atoms with van der Waals surface area (Å²) in [6.07, 6.45) is 4.39. The molecule has 34 heavy (non-hydrogen) atoms. The molecule has 2 aromatic rings. The van der Waals surface area contributed by atoms with Crippen molar-refractivity contribution in [2.75, 3.05) is 38.1 Å². The van der Waals surface area contributed by atoms with Gasteiger partial charge in [-0.05, 0) is 60.8 Å². The summed E-state index contributed by atoms with van der Waals surface area (Å²) in [7, 11) is -2.92. The molecule has 0 spiro atoms. The standard InChI is InChI=1S/C25H29FN2O5S/c1-4-28(5-2)12-6-7-16-13-18(26)8-11-22(16)34(30,31)27-21-10-9-19-20-14-17(20)15-33-24(19)23(21)25(29)32-3/h6-11,13,17,20,27H,4-5,12,14-15H2,1-3H3/b7-6-. The lowest BCUT2D eigenvalue weighted by Gasteiger charge is -2.22. The number of ether oxygens (including phenoxy) is 2. The first-order chi connectivity index (χ1) is 16.3. The maximum atomic E-state index is 14.0. The number of hydrogen-bond acceptors (Lipinski definition) is 6. The first-order valence-corrected chi connectivity index (χ1v) is 12.9. The predicted molar refractivity (Wildman–Crippen MR) is 128 cm³/mol. The van der Waals surface area contributed by atoms with Crippen molar-refractivity contribution in [1.29, 1.82) is 0 Å². The van der Waals surface area contributed by atoms with Gasteiger partial charge in [0.05, 0.1) is 24.3 Å². The Hall–Kier alpha value is -2.91. The largest absolute Gasteiger partial charge is 0.492 e. The number of nitrogens with one attached hydrogen (secondary N) is 1. The molecule has 1 aliphatic heterocycles. The highest BCUT2D eigenvalue weighted by Crippen LogP contribution is 2.55. The van der Waals surface area contributed by atoms with Crippen LogP contribution in [0, 0.1) is 11.7 Å². The number of sulfonamides is 1. The Morgan fingerprint density at radius 2 is 2.03 bits per heavy atom. The van der Waals surface area contributed by atoms with E-state index in [0.29, 0.717) is 30.7 Å². The first kappa shape index (κ1) is 24.2. The van der Waals surface area contributed by atoms with Crippen molar-refractivity contribution in [2.24, 2.45) is 5.92 Å². The summed E-state index contributed by atoms with van der Waals surface area (Å²) in [5, 5.41) is 0. The zero-order valence-electron chi connectivity index (χ0n) is 19.5. The van der Waals surface area contributed by atoms with Gasteiger partial charge in [0, 0.05) is 12.5 Å². The number of halogens is 1. The van der Waals surface area contributed by atoms with Crippen LogP contribution >= 0.6 is 0 Å². The average molecular weight is 489 g/mol. The molecular weight excluding hydrogens is 459 g/mol. The fourth-order valence-electron chi connectivity index (χ4n) is 4.34. The molecule has 1 N–H and O–H groups in total. The van der Waals surface area contributed by atoms with Crippen LogP contribution in [0.3, 0.4) is 0 Å². The maximum absolute atomic E-state index is 14.0. The van der Waals surface area contributed by atoms with Crippen LogP contribution in [0.4, 0.5) is 10.1 Å². The van der Waals surface area contributed by atoms with Crippen molar-refractivity contribution >= 4 is 27.8 Å². The fourth-order valence-corrected chi connectivity index (χ4v) is 5.60. The number of hydrogen-bond donors (Lipinski definition) is 1. The monoisotopic (exact) mass is 488 g/mol. The molecule has 0 radical (unpaired) electrons. The summed E-state index contributed by atoms with van der Waals surface area (Å²) >= 11 is 0. The van der Waals surface area contributed by atoms with Crippen LogP contribution in [0.2, 0.25) is 0 Å². The summed E-state index contributed by atoms with van der Waals surface area (Å²) in [5.41, 5.74) is 1.22. The molecule has 2 aliphatic rings. The SMILES string of the molecule is CCN(CC)C/C=C\c1cc(F)ccc1S(=O)(=O)Nc1ccc2c(c1C(=O)OC)OCC1CC21. The van der Waals surface area contributed by atoms with E-state index in [1.54, 1.807) is 24.3 Å². The van der Waals surface area contributed by atoms with E-state index in [1.807, 2.05) is 13.8 Å². The van der Waals surface area contributed by atoms with Crippen molar-refractivity contribution in [2.45, 2.75) is 31.1 Å². The van der Waals surface area contributed by atoms with Crippen LogP contribution in [0.25, 0.3) is 6.08 Å². The third-order valence-corrected chi connectivity index (χ3v) is 7.84. The maximum Gasteiger partial charge on any atom is 0.343 e. The van der Waals surface area contributed by atoms with Crippen LogP contribution in [0.1, 0.15) is 47.7 Å². The van der Waals surface area contributed by atoms with Crippen LogP contribution in [0.15, 0.2) is 41.3 Å². The summed E-state index contributed by atoms with van der Waals surface area (Å²) < 4.78 is 54.0. The molecule has 0 amide bonds. The van der Waals surface area contributed by atoms with Crippen LogP contribution in [0.5, 0.6) is 5.75 Å². The van der Waals surface area contributed by atoms with Gasteiger partial charge in [-0.15, -0.1) is 0 Å². The molecule has 7 nitrogen and oxygen atoms in total. The van der Waals surface area contributed by atoms with E-state index < -0.39 is 21.8 Å². The molecule has 4 rings (SSSR count). The van der Waals surface area contributed by atoms with E-state index >= 15 is 0 Å². The zero-order valence-corrected chi connectivity index (χ0v) is 20.3. The van der Waals surface area contributed by atoms with Crippen LogP contribution < -0.4 is 9.46 Å². The van der Waals surface area contributed by atoms with E-state index in [2.05, 4.69) is 9.62 Å². The second kappa shape index (κ2) is 9.76.